The van der Waals surface area contributed by atoms with Gasteiger partial charge in [-0.25, -0.2) is 0 Å². The lowest BCUT2D eigenvalue weighted by Gasteiger charge is -2.25. The molecule has 96 valence electrons. The Hall–Kier alpha value is -1.82. The second kappa shape index (κ2) is 5.22. The highest BCUT2D eigenvalue weighted by atomic mass is 32.1. The van der Waals surface area contributed by atoms with E-state index in [1.165, 1.54) is 0 Å². The predicted octanol–water partition coefficient (Wildman–Crippen LogP) is 2.10. The van der Waals surface area contributed by atoms with Gasteiger partial charge in [-0.2, -0.15) is 5.10 Å². The quantitative estimate of drug-likeness (QED) is 0.888. The van der Waals surface area contributed by atoms with Crippen LogP contribution >= 0.6 is 11.3 Å². The van der Waals surface area contributed by atoms with E-state index in [4.69, 9.17) is 5.73 Å². The SMILES string of the molecule is CC(C)N(Cc1cccs1)C(=O)c1cc(N)n[nH]1. The predicted molar refractivity (Wildman–Crippen MR) is 72.3 cm³/mol. The minimum atomic E-state index is -0.0809. The van der Waals surface area contributed by atoms with Crippen LogP contribution in [0.25, 0.3) is 0 Å². The molecule has 2 aromatic heterocycles. The molecule has 0 aliphatic heterocycles. The summed E-state index contributed by atoms with van der Waals surface area (Å²) in [7, 11) is 0. The van der Waals surface area contributed by atoms with Crippen molar-refractivity contribution in [1.82, 2.24) is 15.1 Å². The average molecular weight is 264 g/mol. The molecule has 0 aliphatic rings. The molecule has 5 nitrogen and oxygen atoms in total. The fourth-order valence-electron chi connectivity index (χ4n) is 1.66. The van der Waals surface area contributed by atoms with Crippen LogP contribution in [0, 0.1) is 0 Å². The third kappa shape index (κ3) is 2.70. The largest absolute Gasteiger partial charge is 0.382 e. The van der Waals surface area contributed by atoms with Crippen LogP contribution in [0.4, 0.5) is 5.82 Å². The number of aromatic amines is 1. The molecule has 6 heteroatoms. The third-order valence-electron chi connectivity index (χ3n) is 2.62. The molecule has 1 amide bonds. The highest BCUT2D eigenvalue weighted by Crippen LogP contribution is 2.16. The molecule has 0 unspecified atom stereocenters. The number of thiophene rings is 1. The normalized spacial score (nSPS) is 10.8. The minimum absolute atomic E-state index is 0.0809. The topological polar surface area (TPSA) is 75.0 Å². The van der Waals surface area contributed by atoms with E-state index in [1.807, 2.05) is 31.4 Å². The van der Waals surface area contributed by atoms with Crippen LogP contribution in [0.1, 0.15) is 29.2 Å². The Bertz CT molecular complexity index is 518. The lowest BCUT2D eigenvalue weighted by atomic mass is 10.2. The molecule has 0 aromatic carbocycles. The van der Waals surface area contributed by atoms with Crippen LogP contribution < -0.4 is 5.73 Å². The number of hydrogen-bond donors (Lipinski definition) is 2. The number of rotatable bonds is 4. The van der Waals surface area contributed by atoms with Gasteiger partial charge in [-0.1, -0.05) is 6.07 Å². The van der Waals surface area contributed by atoms with Gasteiger partial charge in [0.25, 0.3) is 5.91 Å². The first-order valence-electron chi connectivity index (χ1n) is 5.72. The van der Waals surface area contributed by atoms with Gasteiger partial charge in [0.2, 0.25) is 0 Å². The summed E-state index contributed by atoms with van der Waals surface area (Å²) in [4.78, 5) is 15.3. The molecule has 2 heterocycles. The van der Waals surface area contributed by atoms with E-state index < -0.39 is 0 Å². The van der Waals surface area contributed by atoms with Crippen LogP contribution in [0.15, 0.2) is 23.6 Å². The molecule has 3 N–H and O–H groups in total. The van der Waals surface area contributed by atoms with Crippen molar-refractivity contribution in [3.8, 4) is 0 Å². The molecule has 0 atom stereocenters. The van der Waals surface area contributed by atoms with Gasteiger partial charge < -0.3 is 10.6 Å². The van der Waals surface area contributed by atoms with Crippen LogP contribution in [-0.4, -0.2) is 27.0 Å². The zero-order chi connectivity index (χ0) is 13.1. The summed E-state index contributed by atoms with van der Waals surface area (Å²) < 4.78 is 0. The number of nitrogens with zero attached hydrogens (tertiary/aromatic N) is 2. The molecular formula is C12H16N4OS. The Morgan fingerprint density at radius 2 is 2.39 bits per heavy atom. The van der Waals surface area contributed by atoms with Crippen molar-refractivity contribution in [2.45, 2.75) is 26.4 Å². The zero-order valence-corrected chi connectivity index (χ0v) is 11.2. The zero-order valence-electron chi connectivity index (χ0n) is 10.4. The molecule has 0 saturated carbocycles. The second-order valence-electron chi connectivity index (χ2n) is 4.31. The van der Waals surface area contributed by atoms with Crippen molar-refractivity contribution in [3.05, 3.63) is 34.2 Å². The number of aromatic nitrogens is 2. The van der Waals surface area contributed by atoms with Gasteiger partial charge in [0.15, 0.2) is 0 Å². The number of anilines is 1. The molecule has 0 fully saturated rings. The van der Waals surface area contributed by atoms with E-state index >= 15 is 0 Å². The van der Waals surface area contributed by atoms with Gasteiger partial charge in [0.1, 0.15) is 11.5 Å². The van der Waals surface area contributed by atoms with Crippen molar-refractivity contribution in [3.63, 3.8) is 0 Å². The second-order valence-corrected chi connectivity index (χ2v) is 5.34. The Balaban J connectivity index is 2.17. The van der Waals surface area contributed by atoms with Gasteiger partial charge in [-0.3, -0.25) is 9.89 Å². The Morgan fingerprint density at radius 1 is 1.61 bits per heavy atom. The molecule has 2 aromatic rings. The highest BCUT2D eigenvalue weighted by Gasteiger charge is 2.21. The number of H-pyrrole nitrogens is 1. The maximum Gasteiger partial charge on any atom is 0.272 e. The van der Waals surface area contributed by atoms with E-state index in [2.05, 4.69) is 10.2 Å². The van der Waals surface area contributed by atoms with Crippen LogP contribution in [-0.2, 0) is 6.54 Å². The molecule has 2 rings (SSSR count). The molecule has 0 aliphatic carbocycles. The third-order valence-corrected chi connectivity index (χ3v) is 3.48. The summed E-state index contributed by atoms with van der Waals surface area (Å²) in [6, 6.07) is 5.68. The molecule has 0 bridgehead atoms. The molecule has 18 heavy (non-hydrogen) atoms. The van der Waals surface area contributed by atoms with Crippen molar-refractivity contribution < 1.29 is 4.79 Å². The number of nitrogens with two attached hydrogens (primary N) is 1. The van der Waals surface area contributed by atoms with Gasteiger partial charge in [-0.05, 0) is 25.3 Å². The number of amides is 1. The number of nitrogens with one attached hydrogen (secondary N) is 1. The number of nitrogen functional groups attached to an aromatic ring is 1. The van der Waals surface area contributed by atoms with Crippen molar-refractivity contribution in [2.24, 2.45) is 0 Å². The number of carbonyl (C=O) groups excluding carboxylic acids is 1. The van der Waals surface area contributed by atoms with E-state index in [0.717, 1.165) is 4.88 Å². The summed E-state index contributed by atoms with van der Waals surface area (Å²) in [5.41, 5.74) is 5.95. The first-order valence-corrected chi connectivity index (χ1v) is 6.60. The maximum absolute atomic E-state index is 12.3. The van der Waals surface area contributed by atoms with Crippen LogP contribution in [0.2, 0.25) is 0 Å². The highest BCUT2D eigenvalue weighted by molar-refractivity contribution is 7.09. The molecule has 0 radical (unpaired) electrons. The van der Waals surface area contributed by atoms with Crippen LogP contribution in [0.5, 0.6) is 0 Å². The molecule has 0 saturated heterocycles. The lowest BCUT2D eigenvalue weighted by molar-refractivity contribution is 0.0686. The molecule has 0 spiro atoms. The summed E-state index contributed by atoms with van der Waals surface area (Å²) in [6.45, 7) is 4.59. The Morgan fingerprint density at radius 3 is 2.89 bits per heavy atom. The maximum atomic E-state index is 12.3. The standard InChI is InChI=1S/C12H16N4OS/c1-8(2)16(7-9-4-3-5-18-9)12(17)10-6-11(13)15-14-10/h3-6,8H,7H2,1-2H3,(H3,13,14,15). The van der Waals surface area contributed by atoms with E-state index in [1.54, 1.807) is 22.3 Å². The number of carbonyl (C=O) groups is 1. The number of hydrogen-bond acceptors (Lipinski definition) is 4. The first kappa shape index (κ1) is 12.6. The fraction of sp³-hybridized carbons (Fsp3) is 0.333. The Labute approximate surface area is 110 Å². The summed E-state index contributed by atoms with van der Waals surface area (Å²) in [5, 5.41) is 8.45. The van der Waals surface area contributed by atoms with Gasteiger partial charge in [-0.15, -0.1) is 11.3 Å². The van der Waals surface area contributed by atoms with Crippen molar-refractivity contribution >= 4 is 23.1 Å². The van der Waals surface area contributed by atoms with Crippen molar-refractivity contribution in [2.75, 3.05) is 5.73 Å². The summed E-state index contributed by atoms with van der Waals surface area (Å²) in [6.07, 6.45) is 0. The van der Waals surface area contributed by atoms with Gasteiger partial charge in [0.05, 0.1) is 6.54 Å². The van der Waals surface area contributed by atoms with Gasteiger partial charge >= 0.3 is 0 Å². The average Bonchev–Trinajstić information content (AvgIpc) is 2.95. The van der Waals surface area contributed by atoms with E-state index in [-0.39, 0.29) is 11.9 Å². The van der Waals surface area contributed by atoms with Gasteiger partial charge in [0, 0.05) is 17.0 Å². The molecular weight excluding hydrogens is 248 g/mol. The summed E-state index contributed by atoms with van der Waals surface area (Å²) in [5.74, 6) is 0.251. The monoisotopic (exact) mass is 264 g/mol. The lowest BCUT2D eigenvalue weighted by Crippen LogP contribution is -2.36. The van der Waals surface area contributed by atoms with Crippen molar-refractivity contribution in [1.29, 1.82) is 0 Å². The van der Waals surface area contributed by atoms with E-state index in [0.29, 0.717) is 18.1 Å². The summed E-state index contributed by atoms with van der Waals surface area (Å²) >= 11 is 1.64. The smallest absolute Gasteiger partial charge is 0.272 e. The van der Waals surface area contributed by atoms with E-state index in [9.17, 15) is 4.79 Å². The van der Waals surface area contributed by atoms with Crippen LogP contribution in [0.3, 0.4) is 0 Å². The fourth-order valence-corrected chi connectivity index (χ4v) is 2.36. The Kier molecular flexibility index (Phi) is 3.66. The first-order chi connectivity index (χ1) is 8.58. The minimum Gasteiger partial charge on any atom is -0.382 e.